The normalized spacial score (nSPS) is 39.0. The Morgan fingerprint density at radius 3 is 2.73 bits per heavy atom. The molecule has 0 spiro atoms. The van der Waals surface area contributed by atoms with E-state index in [0.717, 1.165) is 24.5 Å². The number of hydrogen-bond donors (Lipinski definition) is 1. The SMILES string of the molecule is OC1(CN2CCC2)CCSC1. The molecule has 0 aromatic rings. The van der Waals surface area contributed by atoms with Gasteiger partial charge in [0.25, 0.3) is 0 Å². The van der Waals surface area contributed by atoms with Crippen LogP contribution in [-0.2, 0) is 0 Å². The van der Waals surface area contributed by atoms with Crippen LogP contribution in [0, 0.1) is 0 Å². The second-order valence-electron chi connectivity index (χ2n) is 3.66. The first-order valence-electron chi connectivity index (χ1n) is 4.31. The third-order valence-corrected chi connectivity index (χ3v) is 3.78. The van der Waals surface area contributed by atoms with Crippen LogP contribution in [0.3, 0.4) is 0 Å². The van der Waals surface area contributed by atoms with E-state index in [1.807, 2.05) is 11.8 Å². The molecule has 0 bridgehead atoms. The second-order valence-corrected chi connectivity index (χ2v) is 4.76. The van der Waals surface area contributed by atoms with Gasteiger partial charge in [0.1, 0.15) is 0 Å². The van der Waals surface area contributed by atoms with E-state index in [4.69, 9.17) is 0 Å². The van der Waals surface area contributed by atoms with Crippen molar-refractivity contribution in [2.75, 3.05) is 31.1 Å². The summed E-state index contributed by atoms with van der Waals surface area (Å²) < 4.78 is 0. The van der Waals surface area contributed by atoms with E-state index >= 15 is 0 Å². The van der Waals surface area contributed by atoms with E-state index in [-0.39, 0.29) is 5.60 Å². The number of aliphatic hydroxyl groups is 1. The molecule has 0 saturated carbocycles. The van der Waals surface area contributed by atoms with Crippen molar-refractivity contribution in [2.24, 2.45) is 0 Å². The van der Waals surface area contributed by atoms with Gasteiger partial charge in [-0.3, -0.25) is 0 Å². The van der Waals surface area contributed by atoms with Gasteiger partial charge in [0.15, 0.2) is 0 Å². The lowest BCUT2D eigenvalue weighted by Crippen LogP contribution is -2.48. The van der Waals surface area contributed by atoms with Crippen molar-refractivity contribution < 1.29 is 5.11 Å². The van der Waals surface area contributed by atoms with Crippen molar-refractivity contribution in [3.63, 3.8) is 0 Å². The van der Waals surface area contributed by atoms with E-state index in [1.54, 1.807) is 0 Å². The number of β-amino-alcohol motifs (C(OH)–C–C–N with tert-alkyl or cyclic N) is 1. The summed E-state index contributed by atoms with van der Waals surface area (Å²) in [5, 5.41) is 9.96. The van der Waals surface area contributed by atoms with Crippen molar-refractivity contribution in [3.05, 3.63) is 0 Å². The fraction of sp³-hybridized carbons (Fsp3) is 1.00. The lowest BCUT2D eigenvalue weighted by atomic mass is 10.0. The minimum absolute atomic E-state index is 0.342. The molecule has 1 unspecified atom stereocenters. The summed E-state index contributed by atoms with van der Waals surface area (Å²) in [5.74, 6) is 2.09. The molecule has 0 aromatic heterocycles. The van der Waals surface area contributed by atoms with Crippen LogP contribution >= 0.6 is 11.8 Å². The molecule has 1 atom stereocenters. The van der Waals surface area contributed by atoms with Gasteiger partial charge in [-0.1, -0.05) is 0 Å². The van der Waals surface area contributed by atoms with E-state index in [9.17, 15) is 5.11 Å². The molecule has 0 aliphatic carbocycles. The highest BCUT2D eigenvalue weighted by Crippen LogP contribution is 2.29. The van der Waals surface area contributed by atoms with Gasteiger partial charge in [0.05, 0.1) is 5.60 Å². The summed E-state index contributed by atoms with van der Waals surface area (Å²) >= 11 is 1.88. The Bertz CT molecular complexity index is 141. The molecule has 2 rings (SSSR count). The molecule has 2 heterocycles. The molecular formula is C8H15NOS. The Labute approximate surface area is 72.0 Å². The topological polar surface area (TPSA) is 23.5 Å². The van der Waals surface area contributed by atoms with Crippen LogP contribution in [0.2, 0.25) is 0 Å². The van der Waals surface area contributed by atoms with E-state index in [0.29, 0.717) is 0 Å². The van der Waals surface area contributed by atoms with Crippen molar-refractivity contribution in [1.82, 2.24) is 4.90 Å². The minimum Gasteiger partial charge on any atom is -0.388 e. The molecule has 11 heavy (non-hydrogen) atoms. The maximum Gasteiger partial charge on any atom is 0.0871 e. The van der Waals surface area contributed by atoms with Crippen molar-refractivity contribution in [1.29, 1.82) is 0 Å². The van der Waals surface area contributed by atoms with Gasteiger partial charge >= 0.3 is 0 Å². The number of rotatable bonds is 2. The summed E-state index contributed by atoms with van der Waals surface area (Å²) in [6.45, 7) is 3.32. The highest BCUT2D eigenvalue weighted by Gasteiger charge is 2.34. The van der Waals surface area contributed by atoms with E-state index in [2.05, 4.69) is 4.90 Å². The Balaban J connectivity index is 1.82. The smallest absolute Gasteiger partial charge is 0.0871 e. The monoisotopic (exact) mass is 173 g/mol. The highest BCUT2D eigenvalue weighted by molar-refractivity contribution is 7.99. The first-order valence-corrected chi connectivity index (χ1v) is 5.47. The zero-order valence-electron chi connectivity index (χ0n) is 6.75. The molecule has 2 aliphatic heterocycles. The van der Waals surface area contributed by atoms with Crippen molar-refractivity contribution >= 4 is 11.8 Å². The predicted molar refractivity (Wildman–Crippen MR) is 47.9 cm³/mol. The summed E-state index contributed by atoms with van der Waals surface area (Å²) in [6, 6.07) is 0. The van der Waals surface area contributed by atoms with Crippen LogP contribution in [0.25, 0.3) is 0 Å². The minimum atomic E-state index is -0.342. The molecule has 1 N–H and O–H groups in total. The van der Waals surface area contributed by atoms with Gasteiger partial charge in [0.2, 0.25) is 0 Å². The molecule has 2 nitrogen and oxygen atoms in total. The van der Waals surface area contributed by atoms with Gasteiger partial charge in [-0.25, -0.2) is 0 Å². The van der Waals surface area contributed by atoms with Crippen LogP contribution < -0.4 is 0 Å². The highest BCUT2D eigenvalue weighted by atomic mass is 32.2. The Hall–Kier alpha value is 0.270. The predicted octanol–water partition coefficient (Wildman–Crippen LogP) is 0.560. The molecule has 0 amide bonds. The molecule has 3 heteroatoms. The fourth-order valence-corrected chi connectivity index (χ4v) is 2.96. The molecule has 2 aliphatic rings. The molecule has 0 radical (unpaired) electrons. The van der Waals surface area contributed by atoms with E-state index in [1.165, 1.54) is 19.5 Å². The van der Waals surface area contributed by atoms with Crippen molar-refractivity contribution in [2.45, 2.75) is 18.4 Å². The fourth-order valence-electron chi connectivity index (χ4n) is 1.68. The van der Waals surface area contributed by atoms with Crippen LogP contribution in [0.5, 0.6) is 0 Å². The standard InChI is InChI=1S/C8H15NOS/c10-8(2-5-11-7-8)6-9-3-1-4-9/h10H,1-7H2. The molecule has 2 saturated heterocycles. The van der Waals surface area contributed by atoms with Gasteiger partial charge < -0.3 is 10.0 Å². The van der Waals surface area contributed by atoms with Crippen LogP contribution in [-0.4, -0.2) is 46.7 Å². The van der Waals surface area contributed by atoms with Crippen LogP contribution in [0.15, 0.2) is 0 Å². The average Bonchev–Trinajstić information content (AvgIpc) is 2.29. The zero-order chi connectivity index (χ0) is 7.73. The van der Waals surface area contributed by atoms with Gasteiger partial charge in [0, 0.05) is 12.3 Å². The van der Waals surface area contributed by atoms with Gasteiger partial charge in [-0.15, -0.1) is 0 Å². The van der Waals surface area contributed by atoms with Crippen molar-refractivity contribution in [3.8, 4) is 0 Å². The number of likely N-dealkylation sites (tertiary alicyclic amines) is 1. The van der Waals surface area contributed by atoms with E-state index < -0.39 is 0 Å². The molecule has 64 valence electrons. The second kappa shape index (κ2) is 2.96. The van der Waals surface area contributed by atoms with Crippen LogP contribution in [0.1, 0.15) is 12.8 Å². The number of thioether (sulfide) groups is 1. The summed E-state index contributed by atoms with van der Waals surface area (Å²) in [4.78, 5) is 2.35. The molecular weight excluding hydrogens is 158 g/mol. The molecule has 2 fully saturated rings. The largest absolute Gasteiger partial charge is 0.388 e. The van der Waals surface area contributed by atoms with Crippen LogP contribution in [0.4, 0.5) is 0 Å². The summed E-state index contributed by atoms with van der Waals surface area (Å²) in [6.07, 6.45) is 2.32. The lowest BCUT2D eigenvalue weighted by molar-refractivity contribution is 0.00715. The Kier molecular flexibility index (Phi) is 2.12. The molecule has 0 aromatic carbocycles. The first kappa shape index (κ1) is 7.90. The summed E-state index contributed by atoms with van der Waals surface area (Å²) in [5.41, 5.74) is -0.342. The maximum atomic E-state index is 9.96. The zero-order valence-corrected chi connectivity index (χ0v) is 7.57. The quantitative estimate of drug-likeness (QED) is 0.660. The first-order chi connectivity index (χ1) is 5.29. The number of nitrogens with zero attached hydrogens (tertiary/aromatic N) is 1. The third kappa shape index (κ3) is 1.71. The Morgan fingerprint density at radius 2 is 2.27 bits per heavy atom. The third-order valence-electron chi connectivity index (χ3n) is 2.55. The maximum absolute atomic E-state index is 9.96. The average molecular weight is 173 g/mol. The van der Waals surface area contributed by atoms with Gasteiger partial charge in [-0.2, -0.15) is 11.8 Å². The lowest BCUT2D eigenvalue weighted by Gasteiger charge is -2.36. The number of hydrogen-bond acceptors (Lipinski definition) is 3. The summed E-state index contributed by atoms with van der Waals surface area (Å²) in [7, 11) is 0. The van der Waals surface area contributed by atoms with Gasteiger partial charge in [-0.05, 0) is 31.7 Å². The Morgan fingerprint density at radius 1 is 1.45 bits per heavy atom.